The highest BCUT2D eigenvalue weighted by Gasteiger charge is 2.09. The average molecular weight is 363 g/mol. The third-order valence-electron chi connectivity index (χ3n) is 1.95. The van der Waals surface area contributed by atoms with E-state index in [-0.39, 0.29) is 17.3 Å². The standard InChI is InChI=1S/C10H8BrFN4OS2/c11-5-1-2-7(6(12)3-5)14-8(17)4-18-10-16-15-9(13)19-10/h1-3H,4H2,(H2,13,15)(H,14,17). The predicted octanol–water partition coefficient (Wildman–Crippen LogP) is 2.75. The fourth-order valence-electron chi connectivity index (χ4n) is 1.18. The lowest BCUT2D eigenvalue weighted by atomic mass is 10.3. The van der Waals surface area contributed by atoms with Crippen LogP contribution in [0, 0.1) is 5.82 Å². The summed E-state index contributed by atoms with van der Waals surface area (Å²) >= 11 is 5.54. The molecule has 19 heavy (non-hydrogen) atoms. The Morgan fingerprint density at radius 3 is 2.95 bits per heavy atom. The van der Waals surface area contributed by atoms with Crippen molar-refractivity contribution < 1.29 is 9.18 Å². The van der Waals surface area contributed by atoms with Crippen molar-refractivity contribution in [2.75, 3.05) is 16.8 Å². The molecule has 5 nitrogen and oxygen atoms in total. The number of anilines is 2. The molecule has 100 valence electrons. The van der Waals surface area contributed by atoms with Crippen molar-refractivity contribution in [3.05, 3.63) is 28.5 Å². The number of carbonyl (C=O) groups excluding carboxylic acids is 1. The van der Waals surface area contributed by atoms with E-state index in [2.05, 4.69) is 31.4 Å². The van der Waals surface area contributed by atoms with Gasteiger partial charge in [0.2, 0.25) is 11.0 Å². The first-order valence-corrected chi connectivity index (χ1v) is 7.61. The zero-order chi connectivity index (χ0) is 13.8. The number of aromatic nitrogens is 2. The summed E-state index contributed by atoms with van der Waals surface area (Å²) in [5, 5.41) is 10.2. The topological polar surface area (TPSA) is 80.9 Å². The maximum atomic E-state index is 13.5. The van der Waals surface area contributed by atoms with E-state index < -0.39 is 5.82 Å². The quantitative estimate of drug-likeness (QED) is 0.817. The van der Waals surface area contributed by atoms with Crippen LogP contribution in [0.25, 0.3) is 0 Å². The van der Waals surface area contributed by atoms with Crippen molar-refractivity contribution in [1.29, 1.82) is 0 Å². The summed E-state index contributed by atoms with van der Waals surface area (Å²) in [5.41, 5.74) is 5.56. The minimum Gasteiger partial charge on any atom is -0.374 e. The van der Waals surface area contributed by atoms with Gasteiger partial charge in [0, 0.05) is 4.47 Å². The Bertz CT molecular complexity index is 607. The first-order chi connectivity index (χ1) is 9.04. The van der Waals surface area contributed by atoms with Crippen LogP contribution >= 0.6 is 39.0 Å². The Hall–Kier alpha value is -1.19. The molecule has 0 unspecified atom stereocenters. The van der Waals surface area contributed by atoms with E-state index in [1.165, 1.54) is 35.2 Å². The highest BCUT2D eigenvalue weighted by molar-refractivity contribution is 9.10. The van der Waals surface area contributed by atoms with E-state index in [1.807, 2.05) is 0 Å². The van der Waals surface area contributed by atoms with Gasteiger partial charge >= 0.3 is 0 Å². The number of halogens is 2. The normalized spacial score (nSPS) is 10.4. The molecular weight excluding hydrogens is 355 g/mol. The molecule has 3 N–H and O–H groups in total. The number of carbonyl (C=O) groups is 1. The Kier molecular flexibility index (Phi) is 4.72. The van der Waals surface area contributed by atoms with E-state index in [0.29, 0.717) is 13.9 Å². The molecule has 0 radical (unpaired) electrons. The molecule has 1 heterocycles. The monoisotopic (exact) mass is 362 g/mol. The van der Waals surface area contributed by atoms with Crippen LogP contribution in [0.3, 0.4) is 0 Å². The number of nitrogen functional groups attached to an aromatic ring is 1. The summed E-state index contributed by atoms with van der Waals surface area (Å²) in [5.74, 6) is -0.697. The van der Waals surface area contributed by atoms with Gasteiger partial charge in [0.1, 0.15) is 5.82 Å². The highest BCUT2D eigenvalue weighted by Crippen LogP contribution is 2.24. The van der Waals surface area contributed by atoms with Crippen molar-refractivity contribution in [3.8, 4) is 0 Å². The summed E-state index contributed by atoms with van der Waals surface area (Å²) in [7, 11) is 0. The van der Waals surface area contributed by atoms with E-state index in [4.69, 9.17) is 5.73 Å². The summed E-state index contributed by atoms with van der Waals surface area (Å²) in [6, 6.07) is 4.43. The molecular formula is C10H8BrFN4OS2. The average Bonchev–Trinajstić information content (AvgIpc) is 2.76. The Balaban J connectivity index is 1.90. The van der Waals surface area contributed by atoms with Crippen molar-refractivity contribution in [3.63, 3.8) is 0 Å². The van der Waals surface area contributed by atoms with Gasteiger partial charge in [-0.3, -0.25) is 4.79 Å². The Morgan fingerprint density at radius 2 is 2.32 bits per heavy atom. The van der Waals surface area contributed by atoms with Crippen molar-refractivity contribution in [2.45, 2.75) is 4.34 Å². The second-order valence-corrected chi connectivity index (χ2v) is 6.51. The molecule has 0 spiro atoms. The fourth-order valence-corrected chi connectivity index (χ4v) is 2.95. The third-order valence-corrected chi connectivity index (χ3v) is 4.33. The lowest BCUT2D eigenvalue weighted by molar-refractivity contribution is -0.113. The number of benzene rings is 1. The largest absolute Gasteiger partial charge is 0.374 e. The molecule has 0 saturated heterocycles. The zero-order valence-corrected chi connectivity index (χ0v) is 12.6. The van der Waals surface area contributed by atoms with Gasteiger partial charge < -0.3 is 11.1 Å². The van der Waals surface area contributed by atoms with Crippen LogP contribution in [0.15, 0.2) is 27.0 Å². The molecule has 1 aromatic carbocycles. The maximum absolute atomic E-state index is 13.5. The molecule has 9 heteroatoms. The summed E-state index contributed by atoms with van der Waals surface area (Å²) in [6.45, 7) is 0. The Labute approximate surface area is 124 Å². The predicted molar refractivity (Wildman–Crippen MR) is 77.8 cm³/mol. The number of hydrogen-bond donors (Lipinski definition) is 2. The second-order valence-electron chi connectivity index (χ2n) is 3.37. The molecule has 0 atom stereocenters. The van der Waals surface area contributed by atoms with Crippen LogP contribution in [-0.2, 0) is 4.79 Å². The van der Waals surface area contributed by atoms with Gasteiger partial charge in [-0.15, -0.1) is 10.2 Å². The van der Waals surface area contributed by atoms with Crippen molar-refractivity contribution >= 4 is 55.8 Å². The molecule has 0 aliphatic rings. The number of hydrogen-bond acceptors (Lipinski definition) is 6. The van der Waals surface area contributed by atoms with Crippen LogP contribution in [0.4, 0.5) is 15.2 Å². The van der Waals surface area contributed by atoms with E-state index in [0.717, 1.165) is 0 Å². The van der Waals surface area contributed by atoms with Gasteiger partial charge in [-0.2, -0.15) is 0 Å². The van der Waals surface area contributed by atoms with E-state index in [9.17, 15) is 9.18 Å². The number of amides is 1. The lowest BCUT2D eigenvalue weighted by Crippen LogP contribution is -2.14. The Morgan fingerprint density at radius 1 is 1.53 bits per heavy atom. The second kappa shape index (κ2) is 6.31. The highest BCUT2D eigenvalue weighted by atomic mass is 79.9. The van der Waals surface area contributed by atoms with Crippen LogP contribution in [0.1, 0.15) is 0 Å². The van der Waals surface area contributed by atoms with Crippen LogP contribution < -0.4 is 11.1 Å². The van der Waals surface area contributed by atoms with Crippen LogP contribution in [0.5, 0.6) is 0 Å². The minimum absolute atomic E-state index is 0.115. The molecule has 2 aromatic rings. The number of thioether (sulfide) groups is 1. The van der Waals surface area contributed by atoms with Crippen molar-refractivity contribution in [1.82, 2.24) is 10.2 Å². The SMILES string of the molecule is Nc1nnc(SCC(=O)Nc2ccc(Br)cc2F)s1. The number of nitrogens with one attached hydrogen (secondary N) is 1. The maximum Gasteiger partial charge on any atom is 0.234 e. The zero-order valence-electron chi connectivity index (χ0n) is 9.39. The smallest absolute Gasteiger partial charge is 0.234 e. The first kappa shape index (κ1) is 14.2. The molecule has 0 saturated carbocycles. The summed E-state index contributed by atoms with van der Waals surface area (Å²) in [4.78, 5) is 11.6. The van der Waals surface area contributed by atoms with Gasteiger partial charge in [0.15, 0.2) is 4.34 Å². The molecule has 0 bridgehead atoms. The number of rotatable bonds is 4. The molecule has 2 rings (SSSR count). The van der Waals surface area contributed by atoms with Crippen molar-refractivity contribution in [2.24, 2.45) is 0 Å². The minimum atomic E-state index is -0.493. The van der Waals surface area contributed by atoms with Gasteiger partial charge in [-0.25, -0.2) is 4.39 Å². The molecule has 0 aliphatic carbocycles. The van der Waals surface area contributed by atoms with Gasteiger partial charge in [-0.1, -0.05) is 39.0 Å². The van der Waals surface area contributed by atoms with Gasteiger partial charge in [-0.05, 0) is 18.2 Å². The number of nitrogens with zero attached hydrogens (tertiary/aromatic N) is 2. The fraction of sp³-hybridized carbons (Fsp3) is 0.100. The van der Waals surface area contributed by atoms with Gasteiger partial charge in [0.25, 0.3) is 0 Å². The molecule has 1 aromatic heterocycles. The number of nitrogens with two attached hydrogens (primary N) is 1. The molecule has 1 amide bonds. The lowest BCUT2D eigenvalue weighted by Gasteiger charge is -2.05. The summed E-state index contributed by atoms with van der Waals surface area (Å²) in [6.07, 6.45) is 0. The summed E-state index contributed by atoms with van der Waals surface area (Å²) < 4.78 is 14.7. The van der Waals surface area contributed by atoms with E-state index in [1.54, 1.807) is 6.07 Å². The van der Waals surface area contributed by atoms with Crippen LogP contribution in [0.2, 0.25) is 0 Å². The van der Waals surface area contributed by atoms with Crippen LogP contribution in [-0.4, -0.2) is 21.9 Å². The molecule has 0 fully saturated rings. The third kappa shape index (κ3) is 4.15. The van der Waals surface area contributed by atoms with E-state index >= 15 is 0 Å². The first-order valence-electron chi connectivity index (χ1n) is 5.01. The van der Waals surface area contributed by atoms with Gasteiger partial charge in [0.05, 0.1) is 11.4 Å². The molecule has 0 aliphatic heterocycles.